The molecular weight excluding hydrogens is 276 g/mol. The highest BCUT2D eigenvalue weighted by atomic mass is 35.5. The van der Waals surface area contributed by atoms with Crippen molar-refractivity contribution < 1.29 is 9.59 Å². The predicted molar refractivity (Wildman–Crippen MR) is 77.9 cm³/mol. The van der Waals surface area contributed by atoms with Crippen LogP contribution < -0.4 is 4.90 Å². The van der Waals surface area contributed by atoms with Crippen LogP contribution in [0, 0.1) is 0 Å². The first-order valence-corrected chi connectivity index (χ1v) is 7.32. The molecule has 1 saturated heterocycles. The number of imide groups is 1. The van der Waals surface area contributed by atoms with Gasteiger partial charge < -0.3 is 4.90 Å². The van der Waals surface area contributed by atoms with Crippen LogP contribution in [0.2, 0.25) is 5.02 Å². The second kappa shape index (κ2) is 4.77. The van der Waals surface area contributed by atoms with Gasteiger partial charge in [0.15, 0.2) is 0 Å². The van der Waals surface area contributed by atoms with Gasteiger partial charge in [0.2, 0.25) is 0 Å². The predicted octanol–water partition coefficient (Wildman–Crippen LogP) is 3.44. The molecule has 3 amide bonds. The van der Waals surface area contributed by atoms with Crippen molar-refractivity contribution in [3.8, 4) is 0 Å². The summed E-state index contributed by atoms with van der Waals surface area (Å²) in [4.78, 5) is 28.2. The Labute approximate surface area is 123 Å². The van der Waals surface area contributed by atoms with Crippen LogP contribution in [-0.2, 0) is 4.79 Å². The first-order chi connectivity index (χ1) is 9.58. The van der Waals surface area contributed by atoms with Gasteiger partial charge in [0.25, 0.3) is 5.91 Å². The zero-order valence-corrected chi connectivity index (χ0v) is 12.2. The SMILES string of the molecule is CN1C(=O)N(c2ccccc2Cl)C(=O)C12CCCCC2. The minimum atomic E-state index is -0.658. The number of hydrogen-bond acceptors (Lipinski definition) is 2. The molecule has 0 unspecified atom stereocenters. The van der Waals surface area contributed by atoms with Gasteiger partial charge in [0.05, 0.1) is 10.7 Å². The summed E-state index contributed by atoms with van der Waals surface area (Å²) in [5, 5.41) is 0.426. The van der Waals surface area contributed by atoms with E-state index in [1.807, 2.05) is 0 Å². The fraction of sp³-hybridized carbons (Fsp3) is 0.467. The molecule has 0 bridgehead atoms. The van der Waals surface area contributed by atoms with Crippen molar-refractivity contribution in [2.75, 3.05) is 11.9 Å². The summed E-state index contributed by atoms with van der Waals surface area (Å²) in [6.07, 6.45) is 4.59. The Balaban J connectivity index is 2.04. The number of nitrogens with zero attached hydrogens (tertiary/aromatic N) is 2. The summed E-state index contributed by atoms with van der Waals surface area (Å²) in [6.45, 7) is 0. The fourth-order valence-electron chi connectivity index (χ4n) is 3.30. The highest BCUT2D eigenvalue weighted by Gasteiger charge is 2.56. The highest BCUT2D eigenvalue weighted by molar-refractivity contribution is 6.36. The first-order valence-electron chi connectivity index (χ1n) is 6.95. The van der Waals surface area contributed by atoms with Gasteiger partial charge in [-0.15, -0.1) is 0 Å². The third-order valence-electron chi connectivity index (χ3n) is 4.50. The molecule has 5 heteroatoms. The van der Waals surface area contributed by atoms with Crippen LogP contribution in [-0.4, -0.2) is 29.4 Å². The lowest BCUT2D eigenvalue weighted by Crippen LogP contribution is -2.49. The maximum atomic E-state index is 12.9. The fourth-order valence-corrected chi connectivity index (χ4v) is 3.52. The first kappa shape index (κ1) is 13.4. The molecule has 2 fully saturated rings. The van der Waals surface area contributed by atoms with Crippen molar-refractivity contribution in [3.05, 3.63) is 29.3 Å². The van der Waals surface area contributed by atoms with E-state index in [1.54, 1.807) is 36.2 Å². The maximum absolute atomic E-state index is 12.9. The smallest absolute Gasteiger partial charge is 0.312 e. The highest BCUT2D eigenvalue weighted by Crippen LogP contribution is 2.42. The van der Waals surface area contributed by atoms with Crippen LogP contribution in [0.5, 0.6) is 0 Å². The maximum Gasteiger partial charge on any atom is 0.332 e. The second-order valence-electron chi connectivity index (χ2n) is 5.53. The lowest BCUT2D eigenvalue weighted by atomic mass is 9.80. The lowest BCUT2D eigenvalue weighted by Gasteiger charge is -2.35. The Bertz CT molecular complexity index is 567. The average Bonchev–Trinajstić information content (AvgIpc) is 2.64. The molecular formula is C15H17ClN2O2. The number of urea groups is 1. The molecule has 0 aromatic heterocycles. The van der Waals surface area contributed by atoms with E-state index in [2.05, 4.69) is 0 Å². The van der Waals surface area contributed by atoms with Crippen molar-refractivity contribution in [2.45, 2.75) is 37.6 Å². The van der Waals surface area contributed by atoms with Gasteiger partial charge in [-0.1, -0.05) is 43.0 Å². The summed E-state index contributed by atoms with van der Waals surface area (Å²) in [7, 11) is 1.72. The molecule has 106 valence electrons. The lowest BCUT2D eigenvalue weighted by molar-refractivity contribution is -0.126. The van der Waals surface area contributed by atoms with Crippen LogP contribution in [0.25, 0.3) is 0 Å². The Kier molecular flexibility index (Phi) is 3.21. The van der Waals surface area contributed by atoms with Crippen LogP contribution in [0.15, 0.2) is 24.3 Å². The van der Waals surface area contributed by atoms with Crippen LogP contribution in [0.3, 0.4) is 0 Å². The number of para-hydroxylation sites is 1. The number of likely N-dealkylation sites (N-methyl/N-ethyl adjacent to an activating group) is 1. The molecule has 20 heavy (non-hydrogen) atoms. The quantitative estimate of drug-likeness (QED) is 0.744. The average molecular weight is 293 g/mol. The van der Waals surface area contributed by atoms with E-state index in [1.165, 1.54) is 4.90 Å². The number of amides is 3. The van der Waals surface area contributed by atoms with E-state index in [0.717, 1.165) is 32.1 Å². The van der Waals surface area contributed by atoms with Crippen molar-refractivity contribution in [2.24, 2.45) is 0 Å². The van der Waals surface area contributed by atoms with Crippen molar-refractivity contribution in [3.63, 3.8) is 0 Å². The topological polar surface area (TPSA) is 40.6 Å². The van der Waals surface area contributed by atoms with Crippen molar-refractivity contribution in [1.29, 1.82) is 0 Å². The summed E-state index contributed by atoms with van der Waals surface area (Å²) < 4.78 is 0. The molecule has 2 aliphatic rings. The zero-order valence-electron chi connectivity index (χ0n) is 11.4. The standard InChI is InChI=1S/C15H17ClN2O2/c1-17-14(20)18(12-8-4-3-7-11(12)16)13(19)15(17)9-5-2-6-10-15/h3-4,7-8H,2,5-6,9-10H2,1H3. The third-order valence-corrected chi connectivity index (χ3v) is 4.82. The van der Waals surface area contributed by atoms with Gasteiger partial charge in [-0.05, 0) is 25.0 Å². The van der Waals surface area contributed by atoms with E-state index in [0.29, 0.717) is 10.7 Å². The Morgan fingerprint density at radius 3 is 2.40 bits per heavy atom. The van der Waals surface area contributed by atoms with Crippen molar-refractivity contribution in [1.82, 2.24) is 4.90 Å². The molecule has 1 heterocycles. The van der Waals surface area contributed by atoms with E-state index < -0.39 is 5.54 Å². The normalized spacial score (nSPS) is 21.9. The molecule has 0 atom stereocenters. The molecule has 1 saturated carbocycles. The van der Waals surface area contributed by atoms with Crippen LogP contribution in [0.1, 0.15) is 32.1 Å². The van der Waals surface area contributed by atoms with Crippen molar-refractivity contribution >= 4 is 29.2 Å². The number of anilines is 1. The number of hydrogen-bond donors (Lipinski definition) is 0. The van der Waals surface area contributed by atoms with E-state index in [4.69, 9.17) is 11.6 Å². The van der Waals surface area contributed by atoms with Crippen LogP contribution >= 0.6 is 11.6 Å². The number of benzene rings is 1. The van der Waals surface area contributed by atoms with Gasteiger partial charge in [-0.3, -0.25) is 4.79 Å². The van der Waals surface area contributed by atoms with E-state index in [9.17, 15) is 9.59 Å². The van der Waals surface area contributed by atoms with E-state index in [-0.39, 0.29) is 11.9 Å². The molecule has 1 aliphatic heterocycles. The molecule has 1 aromatic carbocycles. The summed E-state index contributed by atoms with van der Waals surface area (Å²) in [5.41, 5.74) is -0.174. The molecule has 0 radical (unpaired) electrons. The number of carbonyl (C=O) groups excluding carboxylic acids is 2. The molecule has 1 spiro atoms. The summed E-state index contributed by atoms with van der Waals surface area (Å²) in [5.74, 6) is -0.127. The van der Waals surface area contributed by atoms with Gasteiger partial charge in [-0.2, -0.15) is 0 Å². The number of halogens is 1. The van der Waals surface area contributed by atoms with Gasteiger partial charge in [-0.25, -0.2) is 9.69 Å². The molecule has 4 nitrogen and oxygen atoms in total. The second-order valence-corrected chi connectivity index (χ2v) is 5.93. The Morgan fingerprint density at radius 1 is 1.10 bits per heavy atom. The minimum Gasteiger partial charge on any atom is -0.312 e. The molecule has 1 aromatic rings. The summed E-state index contributed by atoms with van der Waals surface area (Å²) in [6, 6.07) is 6.71. The Hall–Kier alpha value is -1.55. The van der Waals surface area contributed by atoms with Gasteiger partial charge in [0.1, 0.15) is 5.54 Å². The Morgan fingerprint density at radius 2 is 1.75 bits per heavy atom. The van der Waals surface area contributed by atoms with E-state index >= 15 is 0 Å². The monoisotopic (exact) mass is 292 g/mol. The zero-order chi connectivity index (χ0) is 14.3. The van der Waals surface area contributed by atoms with Gasteiger partial charge >= 0.3 is 6.03 Å². The molecule has 0 N–H and O–H groups in total. The molecule has 1 aliphatic carbocycles. The summed E-state index contributed by atoms with van der Waals surface area (Å²) >= 11 is 6.15. The minimum absolute atomic E-state index is 0.127. The van der Waals surface area contributed by atoms with Gasteiger partial charge in [0, 0.05) is 7.05 Å². The number of rotatable bonds is 1. The number of carbonyl (C=O) groups is 2. The molecule has 3 rings (SSSR count). The largest absolute Gasteiger partial charge is 0.332 e. The van der Waals surface area contributed by atoms with Crippen LogP contribution in [0.4, 0.5) is 10.5 Å². The third kappa shape index (κ3) is 1.74.